The number of rotatable bonds is 6. The molecule has 2 aromatic heterocycles. The molecule has 0 aliphatic carbocycles. The number of H-pyrrole nitrogens is 1. The number of hydrogen-bond donors (Lipinski definition) is 2. The lowest BCUT2D eigenvalue weighted by Crippen LogP contribution is -2.21. The Bertz CT molecular complexity index is 1250. The van der Waals surface area contributed by atoms with E-state index in [0.717, 1.165) is 11.4 Å². The summed E-state index contributed by atoms with van der Waals surface area (Å²) in [5, 5.41) is 13.7. The monoisotopic (exact) mass is 405 g/mol. The van der Waals surface area contributed by atoms with Gasteiger partial charge in [-0.25, -0.2) is 9.67 Å². The molecule has 0 fully saturated rings. The number of para-hydroxylation sites is 1. The molecule has 0 aliphatic heterocycles. The first-order valence-electron chi connectivity index (χ1n) is 9.59. The van der Waals surface area contributed by atoms with Crippen LogP contribution < -0.4 is 15.2 Å². The minimum atomic E-state index is -0.275. The van der Waals surface area contributed by atoms with Crippen LogP contribution in [-0.2, 0) is 0 Å². The first-order valence-corrected chi connectivity index (χ1v) is 9.59. The van der Waals surface area contributed by atoms with Crippen molar-refractivity contribution in [2.75, 3.05) is 32.2 Å². The molecule has 0 spiro atoms. The van der Waals surface area contributed by atoms with E-state index in [0.29, 0.717) is 40.4 Å². The van der Waals surface area contributed by atoms with Crippen LogP contribution in [0.15, 0.2) is 53.3 Å². The number of aromatic amines is 1. The molecule has 0 saturated heterocycles. The first kappa shape index (κ1) is 19.7. The zero-order chi connectivity index (χ0) is 21.3. The quantitative estimate of drug-likeness (QED) is 0.512. The number of fused-ring (bicyclic) bond motifs is 1. The van der Waals surface area contributed by atoms with Gasteiger partial charge in [0.05, 0.1) is 30.7 Å². The van der Waals surface area contributed by atoms with Crippen LogP contribution in [0, 0.1) is 6.92 Å². The Morgan fingerprint density at radius 1 is 1.20 bits per heavy atom. The van der Waals surface area contributed by atoms with Crippen LogP contribution in [0.1, 0.15) is 5.69 Å². The Morgan fingerprint density at radius 2 is 1.97 bits per heavy atom. The van der Waals surface area contributed by atoms with Crippen LogP contribution in [0.2, 0.25) is 0 Å². The predicted molar refractivity (Wildman–Crippen MR) is 117 cm³/mol. The van der Waals surface area contributed by atoms with Crippen molar-refractivity contribution in [1.29, 1.82) is 0 Å². The van der Waals surface area contributed by atoms with Gasteiger partial charge >= 0.3 is 0 Å². The average Bonchev–Trinajstić information content (AvgIpc) is 3.11. The molecular formula is C22H23N5O3. The van der Waals surface area contributed by atoms with Crippen molar-refractivity contribution in [3.05, 3.63) is 64.6 Å². The minimum Gasteiger partial charge on any atom is -0.496 e. The normalized spacial score (nSPS) is 11.1. The molecule has 2 aromatic carbocycles. The van der Waals surface area contributed by atoms with E-state index in [1.165, 1.54) is 0 Å². The lowest BCUT2D eigenvalue weighted by atomic mass is 10.1. The summed E-state index contributed by atoms with van der Waals surface area (Å²) >= 11 is 0. The molecule has 30 heavy (non-hydrogen) atoms. The molecule has 8 nitrogen and oxygen atoms in total. The van der Waals surface area contributed by atoms with Gasteiger partial charge in [-0.1, -0.05) is 18.2 Å². The van der Waals surface area contributed by atoms with Crippen molar-refractivity contribution in [1.82, 2.24) is 19.7 Å². The van der Waals surface area contributed by atoms with E-state index < -0.39 is 0 Å². The van der Waals surface area contributed by atoms with Crippen molar-refractivity contribution in [3.8, 4) is 22.8 Å². The van der Waals surface area contributed by atoms with Crippen LogP contribution in [0.4, 0.5) is 5.69 Å². The molecule has 0 radical (unpaired) electrons. The highest BCUT2D eigenvalue weighted by Crippen LogP contribution is 2.32. The second-order valence-electron chi connectivity index (χ2n) is 6.97. The van der Waals surface area contributed by atoms with Gasteiger partial charge in [-0.2, -0.15) is 5.10 Å². The van der Waals surface area contributed by atoms with Gasteiger partial charge in [0.25, 0.3) is 5.56 Å². The van der Waals surface area contributed by atoms with E-state index in [1.807, 2.05) is 67.4 Å². The highest BCUT2D eigenvalue weighted by atomic mass is 16.5. The van der Waals surface area contributed by atoms with Gasteiger partial charge in [-0.3, -0.25) is 4.79 Å². The van der Waals surface area contributed by atoms with Gasteiger partial charge < -0.3 is 19.7 Å². The van der Waals surface area contributed by atoms with Gasteiger partial charge in [0.2, 0.25) is 0 Å². The molecule has 4 aromatic rings. The zero-order valence-corrected chi connectivity index (χ0v) is 17.1. The number of aliphatic hydroxyl groups is 1. The summed E-state index contributed by atoms with van der Waals surface area (Å²) in [7, 11) is 3.46. The van der Waals surface area contributed by atoms with Crippen LogP contribution in [0.25, 0.3) is 28.1 Å². The van der Waals surface area contributed by atoms with Gasteiger partial charge in [0.15, 0.2) is 5.52 Å². The predicted octanol–water partition coefficient (Wildman–Crippen LogP) is 2.52. The number of hydrogen-bond acceptors (Lipinski definition) is 6. The van der Waals surface area contributed by atoms with Crippen molar-refractivity contribution in [2.24, 2.45) is 0 Å². The van der Waals surface area contributed by atoms with Crippen molar-refractivity contribution in [3.63, 3.8) is 0 Å². The standard InChI is InChI=1S/C22H23N5O3/c1-14-19-20(27(25-14)15-7-5-4-6-8-15)22(29)24-21(23-19)17-10-9-16(13-18(17)30-3)26(2)11-12-28/h4-10,13,28H,11-12H2,1-3H3,(H,23,24,29). The number of anilines is 1. The number of methoxy groups -OCH3 is 1. The number of ether oxygens (including phenoxy) is 1. The molecule has 8 heteroatoms. The second kappa shape index (κ2) is 8.00. The lowest BCUT2D eigenvalue weighted by Gasteiger charge is -2.19. The van der Waals surface area contributed by atoms with Gasteiger partial charge in [-0.05, 0) is 31.2 Å². The van der Waals surface area contributed by atoms with E-state index in [2.05, 4.69) is 10.1 Å². The topological polar surface area (TPSA) is 96.3 Å². The molecule has 154 valence electrons. The first-order chi connectivity index (χ1) is 14.5. The van der Waals surface area contributed by atoms with E-state index in [9.17, 15) is 4.79 Å². The van der Waals surface area contributed by atoms with Crippen LogP contribution in [0.5, 0.6) is 5.75 Å². The molecule has 4 rings (SSSR count). The largest absolute Gasteiger partial charge is 0.496 e. The van der Waals surface area contributed by atoms with E-state index >= 15 is 0 Å². The molecular weight excluding hydrogens is 382 g/mol. The second-order valence-corrected chi connectivity index (χ2v) is 6.97. The van der Waals surface area contributed by atoms with Crippen LogP contribution in [-0.4, -0.2) is 52.2 Å². The summed E-state index contributed by atoms with van der Waals surface area (Å²) in [6.45, 7) is 2.39. The summed E-state index contributed by atoms with van der Waals surface area (Å²) in [5.41, 5.74) is 3.69. The fraction of sp³-hybridized carbons (Fsp3) is 0.227. The summed E-state index contributed by atoms with van der Waals surface area (Å²) < 4.78 is 7.17. The summed E-state index contributed by atoms with van der Waals surface area (Å²) in [6, 6.07) is 15.1. The Balaban J connectivity index is 1.85. The van der Waals surface area contributed by atoms with Crippen molar-refractivity contribution < 1.29 is 9.84 Å². The molecule has 0 atom stereocenters. The number of likely N-dealkylation sites (N-methyl/N-ethyl adjacent to an activating group) is 1. The number of aromatic nitrogens is 4. The van der Waals surface area contributed by atoms with Crippen LogP contribution >= 0.6 is 0 Å². The van der Waals surface area contributed by atoms with Gasteiger partial charge in [-0.15, -0.1) is 0 Å². The maximum Gasteiger partial charge on any atom is 0.277 e. The van der Waals surface area contributed by atoms with Crippen molar-refractivity contribution >= 4 is 16.7 Å². The highest BCUT2D eigenvalue weighted by molar-refractivity contribution is 5.81. The number of aliphatic hydroxyl groups excluding tert-OH is 1. The fourth-order valence-electron chi connectivity index (χ4n) is 3.44. The summed E-state index contributed by atoms with van der Waals surface area (Å²) in [5.74, 6) is 0.990. The lowest BCUT2D eigenvalue weighted by molar-refractivity contribution is 0.304. The Hall–Kier alpha value is -3.65. The summed E-state index contributed by atoms with van der Waals surface area (Å²) in [6.07, 6.45) is 0. The Labute approximate surface area is 173 Å². The molecule has 0 bridgehead atoms. The zero-order valence-electron chi connectivity index (χ0n) is 17.1. The van der Waals surface area contributed by atoms with Crippen molar-refractivity contribution in [2.45, 2.75) is 6.92 Å². The van der Waals surface area contributed by atoms with Gasteiger partial charge in [0.1, 0.15) is 17.1 Å². The maximum atomic E-state index is 13.0. The van der Waals surface area contributed by atoms with Crippen LogP contribution in [0.3, 0.4) is 0 Å². The summed E-state index contributed by atoms with van der Waals surface area (Å²) in [4.78, 5) is 22.5. The third-order valence-corrected chi connectivity index (χ3v) is 5.02. The molecule has 0 amide bonds. The Morgan fingerprint density at radius 3 is 2.67 bits per heavy atom. The molecule has 0 aliphatic rings. The number of aryl methyl sites for hydroxylation is 1. The molecule has 0 saturated carbocycles. The van der Waals surface area contributed by atoms with Gasteiger partial charge in [0, 0.05) is 25.3 Å². The molecule has 0 unspecified atom stereocenters. The number of nitrogens with zero attached hydrogens (tertiary/aromatic N) is 4. The Kier molecular flexibility index (Phi) is 5.24. The third kappa shape index (κ3) is 3.42. The fourth-order valence-corrected chi connectivity index (χ4v) is 3.44. The van der Waals surface area contributed by atoms with E-state index in [-0.39, 0.29) is 12.2 Å². The molecule has 2 N–H and O–H groups in total. The third-order valence-electron chi connectivity index (χ3n) is 5.02. The van der Waals surface area contributed by atoms with E-state index in [1.54, 1.807) is 11.8 Å². The smallest absolute Gasteiger partial charge is 0.277 e. The number of benzene rings is 2. The number of nitrogens with one attached hydrogen (secondary N) is 1. The maximum absolute atomic E-state index is 13.0. The minimum absolute atomic E-state index is 0.0524. The SMILES string of the molecule is COc1cc(N(C)CCO)ccc1-c1nc2c(C)nn(-c3ccccc3)c2c(=O)[nH]1. The van der Waals surface area contributed by atoms with E-state index in [4.69, 9.17) is 14.8 Å². The average molecular weight is 405 g/mol. The highest BCUT2D eigenvalue weighted by Gasteiger charge is 2.18. The molecule has 2 heterocycles.